The third-order valence-electron chi connectivity index (χ3n) is 1.61. The third kappa shape index (κ3) is 2.01. The van der Waals surface area contributed by atoms with Crippen LogP contribution in [0.2, 0.25) is 0 Å². The lowest BCUT2D eigenvalue weighted by atomic mass is 9.92. The number of rotatable bonds is 2. The topological polar surface area (TPSA) is 102 Å². The highest BCUT2D eigenvalue weighted by molar-refractivity contribution is 5.67. The van der Waals surface area contributed by atoms with Gasteiger partial charge in [0.1, 0.15) is 5.69 Å². The second-order valence-electron chi connectivity index (χ2n) is 3.19. The van der Waals surface area contributed by atoms with Gasteiger partial charge in [-0.3, -0.25) is 0 Å². The number of hydrogen-bond donors (Lipinski definition) is 1. The maximum Gasteiger partial charge on any atom is 0.412 e. The van der Waals surface area contributed by atoms with Crippen LogP contribution in [0.15, 0.2) is 10.6 Å². The summed E-state index contributed by atoms with van der Waals surface area (Å²) in [6.45, 7) is 3.33. The molecule has 14 heavy (non-hydrogen) atoms. The molecule has 0 saturated carbocycles. The van der Waals surface area contributed by atoms with Crippen molar-refractivity contribution in [2.45, 2.75) is 19.3 Å². The van der Waals surface area contributed by atoms with Gasteiger partial charge in [0.05, 0.1) is 11.5 Å². The van der Waals surface area contributed by atoms with Crippen LogP contribution in [0, 0.1) is 11.3 Å². The van der Waals surface area contributed by atoms with Crippen LogP contribution in [0.3, 0.4) is 0 Å². The van der Waals surface area contributed by atoms with Gasteiger partial charge in [-0.25, -0.2) is 4.79 Å². The maximum absolute atomic E-state index is 10.3. The lowest BCUT2D eigenvalue weighted by Gasteiger charge is -2.08. The summed E-state index contributed by atoms with van der Waals surface area (Å²) in [4.78, 5) is 10.3. The molecular weight excluding hydrogens is 186 g/mol. The molecule has 74 valence electrons. The van der Waals surface area contributed by atoms with Crippen LogP contribution in [-0.4, -0.2) is 11.2 Å². The van der Waals surface area contributed by atoms with Gasteiger partial charge in [0.2, 0.25) is 0 Å². The fraction of sp³-hybridized carbons (Fsp3) is 0.375. The maximum atomic E-state index is 10.3. The summed E-state index contributed by atoms with van der Waals surface area (Å²) in [5.74, 6) is -0.115. The zero-order chi connectivity index (χ0) is 10.8. The number of aromatic nitrogens is 1. The minimum atomic E-state index is -0.984. The van der Waals surface area contributed by atoms with Crippen molar-refractivity contribution in [1.82, 2.24) is 5.16 Å². The van der Waals surface area contributed by atoms with Gasteiger partial charge in [-0.2, -0.15) is 5.26 Å². The molecule has 0 bridgehead atoms. The normalized spacial score (nSPS) is 10.6. The van der Waals surface area contributed by atoms with Crippen molar-refractivity contribution in [1.29, 1.82) is 5.26 Å². The number of hydrogen-bond acceptors (Lipinski definition) is 5. The fourth-order valence-corrected chi connectivity index (χ4v) is 0.758. The first-order valence-electron chi connectivity index (χ1n) is 3.81. The standard InChI is InChI=1S/C8H9N3O3/c1-8(2,4-9)5-3-6(14-11-5)13-7(10)12/h3H,1-2H3,(H2,10,12). The molecule has 6 nitrogen and oxygen atoms in total. The Morgan fingerprint density at radius 1 is 1.79 bits per heavy atom. The van der Waals surface area contributed by atoms with Gasteiger partial charge >= 0.3 is 12.0 Å². The van der Waals surface area contributed by atoms with E-state index in [1.165, 1.54) is 6.07 Å². The predicted octanol–water partition coefficient (Wildman–Crippen LogP) is 0.933. The number of nitriles is 1. The monoisotopic (exact) mass is 195 g/mol. The Labute approximate surface area is 80.2 Å². The van der Waals surface area contributed by atoms with Crippen molar-refractivity contribution in [2.75, 3.05) is 0 Å². The van der Waals surface area contributed by atoms with Crippen LogP contribution in [-0.2, 0) is 5.41 Å². The van der Waals surface area contributed by atoms with Crippen LogP contribution in [0.5, 0.6) is 5.95 Å². The van der Waals surface area contributed by atoms with E-state index in [1.54, 1.807) is 13.8 Å². The van der Waals surface area contributed by atoms with Crippen LogP contribution >= 0.6 is 0 Å². The zero-order valence-corrected chi connectivity index (χ0v) is 7.77. The average Bonchev–Trinajstić information content (AvgIpc) is 2.52. The zero-order valence-electron chi connectivity index (χ0n) is 7.77. The van der Waals surface area contributed by atoms with Crippen molar-refractivity contribution >= 4 is 6.09 Å². The first-order chi connectivity index (χ1) is 6.45. The van der Waals surface area contributed by atoms with Gasteiger partial charge in [-0.05, 0) is 13.8 Å². The molecule has 1 heterocycles. The van der Waals surface area contributed by atoms with E-state index in [0.717, 1.165) is 0 Å². The van der Waals surface area contributed by atoms with Crippen LogP contribution in [0.4, 0.5) is 4.79 Å². The van der Waals surface area contributed by atoms with Crippen molar-refractivity contribution < 1.29 is 14.1 Å². The minimum absolute atomic E-state index is 0.115. The second kappa shape index (κ2) is 3.38. The summed E-state index contributed by atoms with van der Waals surface area (Å²) in [6.07, 6.45) is -0.984. The Hall–Kier alpha value is -2.03. The molecule has 0 aliphatic heterocycles. The second-order valence-corrected chi connectivity index (χ2v) is 3.19. The lowest BCUT2D eigenvalue weighted by molar-refractivity contribution is 0.190. The van der Waals surface area contributed by atoms with E-state index in [-0.39, 0.29) is 5.95 Å². The van der Waals surface area contributed by atoms with Gasteiger partial charge in [0.25, 0.3) is 0 Å². The van der Waals surface area contributed by atoms with Gasteiger partial charge in [-0.15, -0.1) is 0 Å². The number of carbonyl (C=O) groups is 1. The molecule has 1 amide bonds. The highest BCUT2D eigenvalue weighted by Gasteiger charge is 2.25. The van der Waals surface area contributed by atoms with E-state index in [4.69, 9.17) is 11.0 Å². The van der Waals surface area contributed by atoms with Crippen LogP contribution in [0.1, 0.15) is 19.5 Å². The van der Waals surface area contributed by atoms with Gasteiger partial charge in [0, 0.05) is 6.07 Å². The number of carbonyl (C=O) groups excluding carboxylic acids is 1. The molecule has 0 spiro atoms. The smallest absolute Gasteiger partial charge is 0.374 e. The molecule has 1 rings (SSSR count). The molecule has 0 aliphatic rings. The molecule has 0 atom stereocenters. The van der Waals surface area contributed by atoms with Crippen molar-refractivity contribution in [3.63, 3.8) is 0 Å². The first kappa shape index (κ1) is 10.1. The van der Waals surface area contributed by atoms with E-state index in [9.17, 15) is 4.79 Å². The number of nitrogens with two attached hydrogens (primary N) is 1. The summed E-state index contributed by atoms with van der Waals surface area (Å²) in [6, 6.07) is 3.39. The Morgan fingerprint density at radius 2 is 2.43 bits per heavy atom. The van der Waals surface area contributed by atoms with Gasteiger partial charge in [-0.1, -0.05) is 5.16 Å². The largest absolute Gasteiger partial charge is 0.412 e. The molecule has 2 N–H and O–H groups in total. The fourth-order valence-electron chi connectivity index (χ4n) is 0.758. The SMILES string of the molecule is CC(C)(C#N)c1cc(OC(N)=O)on1. The van der Waals surface area contributed by atoms with E-state index >= 15 is 0 Å². The number of nitrogens with zero attached hydrogens (tertiary/aromatic N) is 2. The van der Waals surface area contributed by atoms with Gasteiger partial charge < -0.3 is 15.0 Å². The summed E-state index contributed by atoms with van der Waals surface area (Å²) in [5, 5.41) is 12.4. The molecule has 0 fully saturated rings. The summed E-state index contributed by atoms with van der Waals surface area (Å²) >= 11 is 0. The quantitative estimate of drug-likeness (QED) is 0.756. The highest BCUT2D eigenvalue weighted by atomic mass is 16.7. The highest BCUT2D eigenvalue weighted by Crippen LogP contribution is 2.24. The summed E-state index contributed by atoms with van der Waals surface area (Å²) in [7, 11) is 0. The number of amides is 1. The molecule has 6 heteroatoms. The Kier molecular flexibility index (Phi) is 2.42. The Balaban J connectivity index is 2.89. The average molecular weight is 195 g/mol. The molecule has 1 aromatic heterocycles. The molecule has 0 unspecified atom stereocenters. The van der Waals surface area contributed by atoms with E-state index in [1.807, 2.05) is 6.07 Å². The van der Waals surface area contributed by atoms with E-state index in [2.05, 4.69) is 14.4 Å². The summed E-state index contributed by atoms with van der Waals surface area (Å²) in [5.41, 5.74) is 4.36. The van der Waals surface area contributed by atoms with Crippen molar-refractivity contribution in [3.8, 4) is 12.0 Å². The van der Waals surface area contributed by atoms with E-state index in [0.29, 0.717) is 5.69 Å². The molecule has 0 saturated heterocycles. The molecule has 0 aliphatic carbocycles. The molecular formula is C8H9N3O3. The minimum Gasteiger partial charge on any atom is -0.374 e. The Bertz CT molecular complexity index is 389. The Morgan fingerprint density at radius 3 is 2.93 bits per heavy atom. The van der Waals surface area contributed by atoms with Crippen LogP contribution < -0.4 is 10.5 Å². The molecule has 0 radical (unpaired) electrons. The van der Waals surface area contributed by atoms with Crippen molar-refractivity contribution in [2.24, 2.45) is 5.73 Å². The molecule has 1 aromatic rings. The van der Waals surface area contributed by atoms with Crippen LogP contribution in [0.25, 0.3) is 0 Å². The van der Waals surface area contributed by atoms with E-state index < -0.39 is 11.5 Å². The third-order valence-corrected chi connectivity index (χ3v) is 1.61. The van der Waals surface area contributed by atoms with Gasteiger partial charge in [0.15, 0.2) is 0 Å². The first-order valence-corrected chi connectivity index (χ1v) is 3.81. The van der Waals surface area contributed by atoms with Crippen molar-refractivity contribution in [3.05, 3.63) is 11.8 Å². The lowest BCUT2D eigenvalue weighted by Crippen LogP contribution is -2.16. The summed E-state index contributed by atoms with van der Waals surface area (Å²) < 4.78 is 9.07. The predicted molar refractivity (Wildman–Crippen MR) is 45.4 cm³/mol. The number of primary amides is 1. The number of ether oxygens (including phenoxy) is 1. The molecule has 0 aromatic carbocycles.